The summed E-state index contributed by atoms with van der Waals surface area (Å²) in [6, 6.07) is 6.87. The molecule has 0 fully saturated rings. The van der Waals surface area contributed by atoms with E-state index in [1.165, 1.54) is 11.4 Å². The zero-order chi connectivity index (χ0) is 15.5. The Morgan fingerprint density at radius 3 is 1.95 bits per heavy atom. The molecule has 0 heterocycles. The first-order valence-corrected chi connectivity index (χ1v) is 8.28. The van der Waals surface area contributed by atoms with Crippen molar-refractivity contribution >= 4 is 27.3 Å². The molecule has 0 saturated carbocycles. The maximum Gasteiger partial charge on any atom is 0.231 e. The van der Waals surface area contributed by atoms with Gasteiger partial charge in [0.1, 0.15) is 0 Å². The average molecular weight is 298 g/mol. The van der Waals surface area contributed by atoms with Crippen LogP contribution >= 0.6 is 0 Å². The van der Waals surface area contributed by atoms with Gasteiger partial charge in [0.05, 0.1) is 11.9 Å². The lowest BCUT2D eigenvalue weighted by Gasteiger charge is -2.21. The molecule has 6 heteroatoms. The normalized spacial score (nSPS) is 11.5. The van der Waals surface area contributed by atoms with Crippen LogP contribution in [-0.4, -0.2) is 34.7 Å². The molecule has 0 aromatic heterocycles. The molecular formula is C14H22N2O3S. The second kappa shape index (κ2) is 6.26. The Labute approximate surface area is 121 Å². The Hall–Kier alpha value is -1.56. The summed E-state index contributed by atoms with van der Waals surface area (Å²) in [7, 11) is -0.0482. The van der Waals surface area contributed by atoms with Crippen molar-refractivity contribution in [1.82, 2.24) is 0 Å². The fraction of sp³-hybridized carbons (Fsp3) is 0.500. The molecule has 0 unspecified atom stereocenters. The third-order valence-corrected chi connectivity index (χ3v) is 4.26. The average Bonchev–Trinajstić information content (AvgIpc) is 2.35. The van der Waals surface area contributed by atoms with Crippen molar-refractivity contribution in [3.05, 3.63) is 24.3 Å². The van der Waals surface area contributed by atoms with Gasteiger partial charge in [0.25, 0.3) is 0 Å². The molecular weight excluding hydrogens is 276 g/mol. The van der Waals surface area contributed by atoms with Crippen LogP contribution in [0.4, 0.5) is 11.4 Å². The van der Waals surface area contributed by atoms with Gasteiger partial charge in [-0.15, -0.1) is 0 Å². The molecule has 5 nitrogen and oxygen atoms in total. The van der Waals surface area contributed by atoms with Crippen LogP contribution in [0.2, 0.25) is 0 Å². The molecule has 0 bridgehead atoms. The predicted molar refractivity (Wildman–Crippen MR) is 82.6 cm³/mol. The van der Waals surface area contributed by atoms with Gasteiger partial charge in [-0.1, -0.05) is 13.8 Å². The van der Waals surface area contributed by atoms with Gasteiger partial charge < -0.3 is 4.90 Å². The highest BCUT2D eigenvalue weighted by Gasteiger charge is 2.15. The van der Waals surface area contributed by atoms with Crippen molar-refractivity contribution in [3.63, 3.8) is 0 Å². The van der Waals surface area contributed by atoms with Crippen LogP contribution in [0, 0.1) is 5.92 Å². The summed E-state index contributed by atoms with van der Waals surface area (Å²) in [5.41, 5.74) is 1.32. The largest absolute Gasteiger partial charge is 0.315 e. The van der Waals surface area contributed by atoms with Crippen LogP contribution in [0.25, 0.3) is 0 Å². The number of rotatable bonds is 5. The van der Waals surface area contributed by atoms with E-state index in [2.05, 4.69) is 0 Å². The summed E-state index contributed by atoms with van der Waals surface area (Å²) >= 11 is 0. The smallest absolute Gasteiger partial charge is 0.231 e. The highest BCUT2D eigenvalue weighted by Crippen LogP contribution is 2.21. The topological polar surface area (TPSA) is 57.7 Å². The van der Waals surface area contributed by atoms with Gasteiger partial charge in [-0.2, -0.15) is 0 Å². The van der Waals surface area contributed by atoms with E-state index in [4.69, 9.17) is 0 Å². The van der Waals surface area contributed by atoms with E-state index in [9.17, 15) is 13.2 Å². The Kier molecular flexibility index (Phi) is 5.16. The Morgan fingerprint density at radius 2 is 1.55 bits per heavy atom. The molecule has 1 aromatic rings. The van der Waals surface area contributed by atoms with Crippen LogP contribution < -0.4 is 9.21 Å². The zero-order valence-electron chi connectivity index (χ0n) is 12.6. The Morgan fingerprint density at radius 1 is 1.10 bits per heavy atom. The first-order valence-electron chi connectivity index (χ1n) is 6.43. The van der Waals surface area contributed by atoms with Crippen molar-refractivity contribution in [2.24, 2.45) is 5.92 Å². The highest BCUT2D eigenvalue weighted by molar-refractivity contribution is 7.92. The molecule has 0 aliphatic heterocycles. The third-order valence-electron chi connectivity index (χ3n) is 3.06. The third kappa shape index (κ3) is 4.23. The van der Waals surface area contributed by atoms with Crippen molar-refractivity contribution < 1.29 is 13.2 Å². The Balaban J connectivity index is 2.89. The summed E-state index contributed by atoms with van der Waals surface area (Å²) in [5, 5.41) is 0. The molecule has 20 heavy (non-hydrogen) atoms. The van der Waals surface area contributed by atoms with E-state index in [1.807, 2.05) is 13.8 Å². The molecule has 0 saturated heterocycles. The number of hydrogen-bond donors (Lipinski definition) is 0. The molecule has 1 aromatic carbocycles. The Bertz CT molecular complexity index is 565. The molecule has 0 radical (unpaired) electrons. The van der Waals surface area contributed by atoms with E-state index < -0.39 is 10.0 Å². The molecule has 0 spiro atoms. The number of benzene rings is 1. The van der Waals surface area contributed by atoms with Gasteiger partial charge in [0, 0.05) is 26.2 Å². The van der Waals surface area contributed by atoms with E-state index in [0.717, 1.165) is 11.9 Å². The molecule has 1 rings (SSSR count). The number of carbonyl (C=O) groups is 1. The monoisotopic (exact) mass is 298 g/mol. The minimum absolute atomic E-state index is 0.0456. The van der Waals surface area contributed by atoms with Crippen LogP contribution in [0.3, 0.4) is 0 Å². The number of amides is 1. The minimum Gasteiger partial charge on any atom is -0.315 e. The van der Waals surface area contributed by atoms with Gasteiger partial charge >= 0.3 is 0 Å². The van der Waals surface area contributed by atoms with E-state index in [-0.39, 0.29) is 5.91 Å². The molecule has 112 valence electrons. The first-order chi connectivity index (χ1) is 9.12. The van der Waals surface area contributed by atoms with E-state index >= 15 is 0 Å². The van der Waals surface area contributed by atoms with Crippen molar-refractivity contribution in [2.75, 3.05) is 29.6 Å². The SMILES string of the molecule is CC(C)CC(=O)N(C)c1ccc(N(C)S(C)(=O)=O)cc1. The highest BCUT2D eigenvalue weighted by atomic mass is 32.2. The van der Waals surface area contributed by atoms with E-state index in [1.54, 1.807) is 36.2 Å². The van der Waals surface area contributed by atoms with Gasteiger partial charge in [-0.3, -0.25) is 9.10 Å². The van der Waals surface area contributed by atoms with Crippen LogP contribution in [-0.2, 0) is 14.8 Å². The maximum absolute atomic E-state index is 12.0. The van der Waals surface area contributed by atoms with Crippen molar-refractivity contribution in [3.8, 4) is 0 Å². The summed E-state index contributed by atoms with van der Waals surface area (Å²) in [4.78, 5) is 13.5. The first kappa shape index (κ1) is 16.5. The molecule has 1 amide bonds. The van der Waals surface area contributed by atoms with Crippen molar-refractivity contribution in [2.45, 2.75) is 20.3 Å². The number of anilines is 2. The summed E-state index contributed by atoms with van der Waals surface area (Å²) in [5.74, 6) is 0.352. The fourth-order valence-electron chi connectivity index (χ4n) is 1.71. The zero-order valence-corrected chi connectivity index (χ0v) is 13.4. The molecule has 0 aliphatic rings. The summed E-state index contributed by atoms with van der Waals surface area (Å²) in [6.45, 7) is 3.99. The second-order valence-electron chi connectivity index (χ2n) is 5.30. The van der Waals surface area contributed by atoms with Crippen LogP contribution in [0.1, 0.15) is 20.3 Å². The van der Waals surface area contributed by atoms with Crippen molar-refractivity contribution in [1.29, 1.82) is 0 Å². The number of nitrogens with zero attached hydrogens (tertiary/aromatic N) is 2. The number of hydrogen-bond acceptors (Lipinski definition) is 3. The fourth-order valence-corrected chi connectivity index (χ4v) is 2.21. The summed E-state index contributed by atoms with van der Waals surface area (Å²) < 4.78 is 24.1. The molecule has 0 N–H and O–H groups in total. The van der Waals surface area contributed by atoms with Gasteiger partial charge in [0.15, 0.2) is 0 Å². The summed E-state index contributed by atoms with van der Waals surface area (Å²) in [6.07, 6.45) is 1.64. The van der Waals surface area contributed by atoms with Gasteiger partial charge in [-0.05, 0) is 30.2 Å². The second-order valence-corrected chi connectivity index (χ2v) is 7.31. The van der Waals surface area contributed by atoms with Crippen LogP contribution in [0.15, 0.2) is 24.3 Å². The number of carbonyl (C=O) groups excluding carboxylic acids is 1. The lowest BCUT2D eigenvalue weighted by Crippen LogP contribution is -2.27. The van der Waals surface area contributed by atoms with Gasteiger partial charge in [-0.25, -0.2) is 8.42 Å². The minimum atomic E-state index is -3.27. The predicted octanol–water partition coefficient (Wildman–Crippen LogP) is 2.09. The number of sulfonamides is 1. The quantitative estimate of drug-likeness (QED) is 0.836. The molecule has 0 atom stereocenters. The standard InChI is InChI=1S/C14H22N2O3S/c1-11(2)10-14(17)15(3)12-6-8-13(9-7-12)16(4)20(5,18)19/h6-9,11H,10H2,1-5H3. The van der Waals surface area contributed by atoms with Crippen LogP contribution in [0.5, 0.6) is 0 Å². The maximum atomic E-state index is 12.0. The van der Waals surface area contributed by atoms with E-state index in [0.29, 0.717) is 18.0 Å². The molecule has 0 aliphatic carbocycles. The lowest BCUT2D eigenvalue weighted by molar-refractivity contribution is -0.119. The lowest BCUT2D eigenvalue weighted by atomic mass is 10.1. The van der Waals surface area contributed by atoms with Gasteiger partial charge in [0.2, 0.25) is 15.9 Å².